The van der Waals surface area contributed by atoms with Gasteiger partial charge in [0.1, 0.15) is 10.5 Å². The lowest BCUT2D eigenvalue weighted by molar-refractivity contribution is 0.0697. The summed E-state index contributed by atoms with van der Waals surface area (Å²) in [5, 5.41) is 8.99. The summed E-state index contributed by atoms with van der Waals surface area (Å²) in [5.41, 5.74) is 0.0878. The van der Waals surface area contributed by atoms with Gasteiger partial charge >= 0.3 is 5.97 Å². The summed E-state index contributed by atoms with van der Waals surface area (Å²) < 4.78 is 36.4. The highest BCUT2D eigenvalue weighted by Gasteiger charge is 2.55. The third-order valence-electron chi connectivity index (χ3n) is 3.48. The number of ether oxygens (including phenoxy) is 2. The predicted octanol–water partition coefficient (Wildman–Crippen LogP) is 1.31. The summed E-state index contributed by atoms with van der Waals surface area (Å²) in [7, 11) is -0.857. The SMILES string of the molecule is COCC1(S(=O)(=O)Nc2cc(C(=O)O)ccc2OC)CC1. The van der Waals surface area contributed by atoms with Gasteiger partial charge in [-0.15, -0.1) is 0 Å². The third-order valence-corrected chi connectivity index (χ3v) is 5.63. The van der Waals surface area contributed by atoms with Gasteiger partial charge in [-0.05, 0) is 31.0 Å². The number of methoxy groups -OCH3 is 2. The molecule has 8 heteroatoms. The Kier molecular flexibility index (Phi) is 4.11. The Morgan fingerprint density at radius 1 is 1.38 bits per heavy atom. The summed E-state index contributed by atoms with van der Waals surface area (Å²) in [5.74, 6) is -0.882. The van der Waals surface area contributed by atoms with Gasteiger partial charge in [0.15, 0.2) is 0 Å². The maximum absolute atomic E-state index is 12.4. The molecule has 116 valence electrons. The standard InChI is InChI=1S/C13H17NO6S/c1-19-8-13(5-6-13)21(17,18)14-10-7-9(12(15)16)3-4-11(10)20-2/h3-4,7,14H,5-6,8H2,1-2H3,(H,15,16). The van der Waals surface area contributed by atoms with E-state index >= 15 is 0 Å². The summed E-state index contributed by atoms with van der Waals surface area (Å²) >= 11 is 0. The molecule has 0 radical (unpaired) electrons. The van der Waals surface area contributed by atoms with Crippen LogP contribution in [0.25, 0.3) is 0 Å². The predicted molar refractivity (Wildman–Crippen MR) is 76.3 cm³/mol. The zero-order chi connectivity index (χ0) is 15.7. The molecule has 0 aliphatic heterocycles. The quantitative estimate of drug-likeness (QED) is 0.786. The Bertz CT molecular complexity index is 651. The molecule has 1 aromatic rings. The molecule has 1 aliphatic carbocycles. The van der Waals surface area contributed by atoms with E-state index in [0.717, 1.165) is 0 Å². The first-order valence-electron chi connectivity index (χ1n) is 6.28. The Hall–Kier alpha value is -1.80. The first kappa shape index (κ1) is 15.6. The molecule has 0 bridgehead atoms. The fraction of sp³-hybridized carbons (Fsp3) is 0.462. The Morgan fingerprint density at radius 3 is 2.52 bits per heavy atom. The third kappa shape index (κ3) is 2.96. The van der Waals surface area contributed by atoms with Crippen molar-refractivity contribution in [1.82, 2.24) is 0 Å². The second kappa shape index (κ2) is 5.53. The van der Waals surface area contributed by atoms with Gasteiger partial charge in [-0.1, -0.05) is 0 Å². The molecule has 0 saturated heterocycles. The van der Waals surface area contributed by atoms with Crippen molar-refractivity contribution in [3.8, 4) is 5.75 Å². The van der Waals surface area contributed by atoms with Gasteiger partial charge < -0.3 is 14.6 Å². The van der Waals surface area contributed by atoms with Crippen molar-refractivity contribution in [2.45, 2.75) is 17.6 Å². The molecule has 0 spiro atoms. The molecule has 0 unspecified atom stereocenters. The van der Waals surface area contributed by atoms with Crippen LogP contribution < -0.4 is 9.46 Å². The first-order valence-corrected chi connectivity index (χ1v) is 7.76. The number of carboxylic acid groups (broad SMARTS) is 1. The largest absolute Gasteiger partial charge is 0.495 e. The van der Waals surface area contributed by atoms with Crippen LogP contribution in [-0.4, -0.2) is 45.1 Å². The van der Waals surface area contributed by atoms with E-state index in [1.54, 1.807) is 0 Å². The van der Waals surface area contributed by atoms with Gasteiger partial charge in [-0.25, -0.2) is 13.2 Å². The van der Waals surface area contributed by atoms with Crippen LogP contribution in [0.5, 0.6) is 5.75 Å². The van der Waals surface area contributed by atoms with Crippen molar-refractivity contribution < 1.29 is 27.8 Å². The van der Waals surface area contributed by atoms with Gasteiger partial charge in [0.25, 0.3) is 0 Å². The number of carboxylic acids is 1. The van der Waals surface area contributed by atoms with Gasteiger partial charge in [0, 0.05) is 7.11 Å². The Balaban J connectivity index is 2.34. The number of hydrogen-bond donors (Lipinski definition) is 2. The molecule has 21 heavy (non-hydrogen) atoms. The van der Waals surface area contributed by atoms with Crippen LogP contribution in [0, 0.1) is 0 Å². The number of benzene rings is 1. The molecule has 0 atom stereocenters. The number of nitrogens with one attached hydrogen (secondary N) is 1. The molecule has 1 aliphatic rings. The van der Waals surface area contributed by atoms with Crippen LogP contribution in [0.2, 0.25) is 0 Å². The first-order chi connectivity index (χ1) is 9.85. The van der Waals surface area contributed by atoms with E-state index in [9.17, 15) is 13.2 Å². The monoisotopic (exact) mass is 315 g/mol. The van der Waals surface area contributed by atoms with E-state index in [4.69, 9.17) is 14.6 Å². The van der Waals surface area contributed by atoms with Crippen LogP contribution in [0.15, 0.2) is 18.2 Å². The van der Waals surface area contributed by atoms with Crippen molar-refractivity contribution >= 4 is 21.7 Å². The van der Waals surface area contributed by atoms with E-state index in [0.29, 0.717) is 12.8 Å². The molecule has 1 saturated carbocycles. The van der Waals surface area contributed by atoms with E-state index < -0.39 is 20.7 Å². The van der Waals surface area contributed by atoms with Gasteiger partial charge in [0.2, 0.25) is 10.0 Å². The Morgan fingerprint density at radius 2 is 2.05 bits per heavy atom. The highest BCUT2D eigenvalue weighted by molar-refractivity contribution is 7.94. The van der Waals surface area contributed by atoms with Crippen molar-refractivity contribution in [2.75, 3.05) is 25.5 Å². The number of sulfonamides is 1. The van der Waals surface area contributed by atoms with Crippen molar-refractivity contribution in [3.05, 3.63) is 23.8 Å². The fourth-order valence-electron chi connectivity index (χ4n) is 2.07. The topological polar surface area (TPSA) is 102 Å². The lowest BCUT2D eigenvalue weighted by Gasteiger charge is -2.18. The molecule has 1 fully saturated rings. The molecule has 1 aromatic carbocycles. The van der Waals surface area contributed by atoms with E-state index in [2.05, 4.69) is 4.72 Å². The van der Waals surface area contributed by atoms with Gasteiger partial charge in [-0.2, -0.15) is 0 Å². The van der Waals surface area contributed by atoms with Crippen LogP contribution in [0.3, 0.4) is 0 Å². The highest BCUT2D eigenvalue weighted by atomic mass is 32.2. The van der Waals surface area contributed by atoms with E-state index in [1.165, 1.54) is 32.4 Å². The summed E-state index contributed by atoms with van der Waals surface area (Å²) in [6, 6.07) is 4.00. The minimum absolute atomic E-state index is 0.0231. The van der Waals surface area contributed by atoms with Crippen LogP contribution in [0.4, 0.5) is 5.69 Å². The minimum Gasteiger partial charge on any atom is -0.495 e. The number of anilines is 1. The molecular weight excluding hydrogens is 298 g/mol. The smallest absolute Gasteiger partial charge is 0.335 e. The molecular formula is C13H17NO6S. The maximum atomic E-state index is 12.4. The average molecular weight is 315 g/mol. The summed E-state index contributed by atoms with van der Waals surface area (Å²) in [4.78, 5) is 11.0. The second-order valence-electron chi connectivity index (χ2n) is 4.94. The molecule has 7 nitrogen and oxygen atoms in total. The number of rotatable bonds is 7. The summed E-state index contributed by atoms with van der Waals surface area (Å²) in [6.45, 7) is 0.100. The summed E-state index contributed by atoms with van der Waals surface area (Å²) in [6.07, 6.45) is 1.02. The van der Waals surface area contributed by atoms with Crippen molar-refractivity contribution in [1.29, 1.82) is 0 Å². The normalized spacial score (nSPS) is 16.3. The van der Waals surface area contributed by atoms with E-state index in [1.807, 2.05) is 0 Å². The zero-order valence-corrected chi connectivity index (χ0v) is 12.6. The van der Waals surface area contributed by atoms with Crippen molar-refractivity contribution in [2.24, 2.45) is 0 Å². The molecule has 0 aromatic heterocycles. The second-order valence-corrected chi connectivity index (χ2v) is 7.02. The van der Waals surface area contributed by atoms with Crippen LogP contribution in [0.1, 0.15) is 23.2 Å². The Labute approximate surface area is 122 Å². The molecule has 2 rings (SSSR count). The molecule has 0 amide bonds. The molecule has 2 N–H and O–H groups in total. The van der Waals surface area contributed by atoms with Crippen LogP contribution >= 0.6 is 0 Å². The lowest BCUT2D eigenvalue weighted by atomic mass is 10.2. The van der Waals surface area contributed by atoms with Gasteiger partial charge in [0.05, 0.1) is 25.0 Å². The molecule has 0 heterocycles. The van der Waals surface area contributed by atoms with E-state index in [-0.39, 0.29) is 23.6 Å². The zero-order valence-electron chi connectivity index (χ0n) is 11.8. The number of hydrogen-bond acceptors (Lipinski definition) is 5. The highest BCUT2D eigenvalue weighted by Crippen LogP contribution is 2.45. The maximum Gasteiger partial charge on any atom is 0.335 e. The lowest BCUT2D eigenvalue weighted by Crippen LogP contribution is -2.33. The van der Waals surface area contributed by atoms with Crippen LogP contribution in [-0.2, 0) is 14.8 Å². The fourth-order valence-corrected chi connectivity index (χ4v) is 3.64. The van der Waals surface area contributed by atoms with Crippen molar-refractivity contribution in [3.63, 3.8) is 0 Å². The number of carbonyl (C=O) groups is 1. The van der Waals surface area contributed by atoms with Gasteiger partial charge in [-0.3, -0.25) is 4.72 Å². The minimum atomic E-state index is -3.69. The average Bonchev–Trinajstić information content (AvgIpc) is 3.20. The number of aromatic carboxylic acids is 1.